The lowest BCUT2D eigenvalue weighted by atomic mass is 10.2. The smallest absolute Gasteiger partial charge is 0.307 e. The Morgan fingerprint density at radius 1 is 0.864 bits per heavy atom. The van der Waals surface area contributed by atoms with E-state index in [9.17, 15) is 14.4 Å². The average molecular weight is 328 g/mol. The zero-order chi connectivity index (χ0) is 17.0. The van der Waals surface area contributed by atoms with Gasteiger partial charge >= 0.3 is 17.9 Å². The van der Waals surface area contributed by atoms with Gasteiger partial charge in [0, 0.05) is 17.7 Å². The van der Waals surface area contributed by atoms with E-state index in [4.69, 9.17) is 15.3 Å². The van der Waals surface area contributed by atoms with Gasteiger partial charge in [-0.05, 0) is 36.8 Å². The standard InChI is InChI=1S/C9H10O2S.C6H10O4/c1-12-8-4-2-7(3-5-8)6-9(10)11;7-5(8)3-1-2-4-6(9)10/h2-5H,6H2,1H3,(H,10,11);1-4H2,(H,7,8)(H,9,10). The van der Waals surface area contributed by atoms with E-state index < -0.39 is 17.9 Å². The van der Waals surface area contributed by atoms with Gasteiger partial charge in [0.1, 0.15) is 0 Å². The molecule has 7 heteroatoms. The second-order valence-corrected chi connectivity index (χ2v) is 5.29. The van der Waals surface area contributed by atoms with Crippen molar-refractivity contribution in [3.8, 4) is 0 Å². The third-order valence-corrected chi connectivity index (χ3v) is 3.29. The quantitative estimate of drug-likeness (QED) is 0.497. The van der Waals surface area contributed by atoms with Crippen LogP contribution in [-0.4, -0.2) is 39.5 Å². The zero-order valence-electron chi connectivity index (χ0n) is 12.3. The molecule has 0 aliphatic carbocycles. The molecule has 0 amide bonds. The zero-order valence-corrected chi connectivity index (χ0v) is 13.1. The lowest BCUT2D eigenvalue weighted by Crippen LogP contribution is -1.99. The number of hydrogen-bond acceptors (Lipinski definition) is 4. The molecule has 22 heavy (non-hydrogen) atoms. The van der Waals surface area contributed by atoms with Crippen LogP contribution in [0.3, 0.4) is 0 Å². The summed E-state index contributed by atoms with van der Waals surface area (Å²) in [5.41, 5.74) is 0.848. The lowest BCUT2D eigenvalue weighted by molar-refractivity contribution is -0.139. The van der Waals surface area contributed by atoms with Crippen molar-refractivity contribution in [3.05, 3.63) is 29.8 Å². The number of rotatable bonds is 8. The van der Waals surface area contributed by atoms with Crippen molar-refractivity contribution in [1.82, 2.24) is 0 Å². The first-order chi connectivity index (χ1) is 10.3. The van der Waals surface area contributed by atoms with Gasteiger partial charge in [-0.1, -0.05) is 12.1 Å². The molecule has 0 radical (unpaired) electrons. The van der Waals surface area contributed by atoms with E-state index in [1.807, 2.05) is 30.5 Å². The van der Waals surface area contributed by atoms with Gasteiger partial charge in [-0.2, -0.15) is 0 Å². The molecule has 0 bridgehead atoms. The number of hydrogen-bond donors (Lipinski definition) is 3. The van der Waals surface area contributed by atoms with Crippen LogP contribution in [0.1, 0.15) is 31.2 Å². The van der Waals surface area contributed by atoms with Gasteiger partial charge in [-0.15, -0.1) is 11.8 Å². The molecule has 0 atom stereocenters. The fourth-order valence-corrected chi connectivity index (χ4v) is 1.88. The van der Waals surface area contributed by atoms with Crippen LogP contribution in [0, 0.1) is 0 Å². The summed E-state index contributed by atoms with van der Waals surface area (Å²) in [6.45, 7) is 0. The van der Waals surface area contributed by atoms with Gasteiger partial charge in [0.15, 0.2) is 0 Å². The van der Waals surface area contributed by atoms with Gasteiger partial charge in [0.2, 0.25) is 0 Å². The molecule has 6 nitrogen and oxygen atoms in total. The molecule has 0 unspecified atom stereocenters. The Hall–Kier alpha value is -2.02. The van der Waals surface area contributed by atoms with Crippen molar-refractivity contribution in [3.63, 3.8) is 0 Å². The van der Waals surface area contributed by atoms with Crippen LogP contribution in [0.15, 0.2) is 29.2 Å². The first-order valence-corrected chi connectivity index (χ1v) is 7.86. The van der Waals surface area contributed by atoms with Gasteiger partial charge in [-0.3, -0.25) is 14.4 Å². The first-order valence-electron chi connectivity index (χ1n) is 6.63. The highest BCUT2D eigenvalue weighted by molar-refractivity contribution is 7.98. The van der Waals surface area contributed by atoms with Crippen LogP contribution in [-0.2, 0) is 20.8 Å². The average Bonchev–Trinajstić information content (AvgIpc) is 2.44. The van der Waals surface area contributed by atoms with E-state index in [0.29, 0.717) is 12.8 Å². The van der Waals surface area contributed by atoms with Crippen molar-refractivity contribution < 1.29 is 29.7 Å². The minimum atomic E-state index is -0.870. The number of carboxylic acid groups (broad SMARTS) is 3. The van der Waals surface area contributed by atoms with Crippen LogP contribution in [0.25, 0.3) is 0 Å². The van der Waals surface area contributed by atoms with Gasteiger partial charge in [0.25, 0.3) is 0 Å². The van der Waals surface area contributed by atoms with E-state index in [1.54, 1.807) is 11.8 Å². The number of carboxylic acids is 3. The summed E-state index contributed by atoms with van der Waals surface area (Å²) < 4.78 is 0. The number of carbonyl (C=O) groups is 3. The predicted octanol–water partition coefficient (Wildman–Crippen LogP) is 2.75. The van der Waals surface area contributed by atoms with Crippen molar-refractivity contribution >= 4 is 29.7 Å². The van der Waals surface area contributed by atoms with Crippen LogP contribution < -0.4 is 0 Å². The minimum absolute atomic E-state index is 0.0628. The highest BCUT2D eigenvalue weighted by Gasteiger charge is 1.99. The van der Waals surface area contributed by atoms with Crippen molar-refractivity contribution in [2.45, 2.75) is 37.0 Å². The fraction of sp³-hybridized carbons (Fsp3) is 0.400. The molecule has 3 N–H and O–H groups in total. The number of unbranched alkanes of at least 4 members (excludes halogenated alkanes) is 1. The maximum atomic E-state index is 10.3. The maximum absolute atomic E-state index is 10.3. The topological polar surface area (TPSA) is 112 Å². The monoisotopic (exact) mass is 328 g/mol. The summed E-state index contributed by atoms with van der Waals surface area (Å²) in [6.07, 6.45) is 3.12. The molecule has 0 saturated carbocycles. The highest BCUT2D eigenvalue weighted by Crippen LogP contribution is 2.14. The van der Waals surface area contributed by atoms with Crippen molar-refractivity contribution in [2.24, 2.45) is 0 Å². The van der Waals surface area contributed by atoms with Crippen LogP contribution in [0.4, 0.5) is 0 Å². The van der Waals surface area contributed by atoms with Crippen LogP contribution in [0.2, 0.25) is 0 Å². The molecule has 0 spiro atoms. The largest absolute Gasteiger partial charge is 0.481 e. The van der Waals surface area contributed by atoms with Crippen molar-refractivity contribution in [1.29, 1.82) is 0 Å². The molecule has 0 aliphatic heterocycles. The predicted molar refractivity (Wildman–Crippen MR) is 83.3 cm³/mol. The summed E-state index contributed by atoms with van der Waals surface area (Å²) in [6, 6.07) is 7.56. The van der Waals surface area contributed by atoms with Gasteiger partial charge < -0.3 is 15.3 Å². The van der Waals surface area contributed by atoms with E-state index >= 15 is 0 Å². The Kier molecular flexibility index (Phi) is 10.6. The Labute approximate surface area is 133 Å². The summed E-state index contributed by atoms with van der Waals surface area (Å²) >= 11 is 1.65. The van der Waals surface area contributed by atoms with Gasteiger partial charge in [-0.25, -0.2) is 0 Å². The van der Waals surface area contributed by atoms with Crippen LogP contribution >= 0.6 is 11.8 Å². The van der Waals surface area contributed by atoms with Crippen molar-refractivity contribution in [2.75, 3.05) is 6.26 Å². The second kappa shape index (κ2) is 11.6. The minimum Gasteiger partial charge on any atom is -0.481 e. The number of aliphatic carboxylic acids is 3. The number of thioether (sulfide) groups is 1. The molecule has 0 fully saturated rings. The van der Waals surface area contributed by atoms with E-state index in [1.165, 1.54) is 0 Å². The maximum Gasteiger partial charge on any atom is 0.307 e. The summed E-state index contributed by atoms with van der Waals surface area (Å²) in [5, 5.41) is 24.8. The Morgan fingerprint density at radius 3 is 1.64 bits per heavy atom. The SMILES string of the molecule is CSc1ccc(CC(=O)O)cc1.O=C(O)CCCCC(=O)O. The molecule has 122 valence electrons. The number of benzene rings is 1. The molecule has 0 saturated heterocycles. The Bertz CT molecular complexity index is 467. The fourth-order valence-electron chi connectivity index (χ4n) is 1.47. The second-order valence-electron chi connectivity index (χ2n) is 4.41. The summed E-state index contributed by atoms with van der Waals surface area (Å²) in [5.74, 6) is -2.53. The van der Waals surface area contributed by atoms with Crippen LogP contribution in [0.5, 0.6) is 0 Å². The van der Waals surface area contributed by atoms with E-state index in [2.05, 4.69) is 0 Å². The first kappa shape index (κ1) is 20.0. The van der Waals surface area contributed by atoms with Gasteiger partial charge in [0.05, 0.1) is 6.42 Å². The molecular formula is C15H20O6S. The highest BCUT2D eigenvalue weighted by atomic mass is 32.2. The molecule has 1 aromatic rings. The molecule has 1 rings (SSSR count). The Morgan fingerprint density at radius 2 is 1.32 bits per heavy atom. The molecule has 0 heterocycles. The molecule has 1 aromatic carbocycles. The van der Waals surface area contributed by atoms with E-state index in [-0.39, 0.29) is 19.3 Å². The normalized spacial score (nSPS) is 9.50. The molecular weight excluding hydrogens is 308 g/mol. The Balaban J connectivity index is 0.000000409. The summed E-state index contributed by atoms with van der Waals surface area (Å²) in [4.78, 5) is 31.3. The molecule has 0 aromatic heterocycles. The third-order valence-electron chi connectivity index (χ3n) is 2.55. The van der Waals surface area contributed by atoms with E-state index in [0.717, 1.165) is 10.5 Å². The lowest BCUT2D eigenvalue weighted by Gasteiger charge is -1.98. The third kappa shape index (κ3) is 11.8. The summed E-state index contributed by atoms with van der Waals surface area (Å²) in [7, 11) is 0. The molecule has 0 aliphatic rings.